The first-order chi connectivity index (χ1) is 9.74. The lowest BCUT2D eigenvalue weighted by Gasteiger charge is -2.38. The van der Waals surface area contributed by atoms with E-state index in [0.29, 0.717) is 12.1 Å². The molecule has 118 valence electrons. The molecule has 1 aromatic heterocycles. The van der Waals surface area contributed by atoms with Gasteiger partial charge in [-0.3, -0.25) is 0 Å². The van der Waals surface area contributed by atoms with Gasteiger partial charge in [0.2, 0.25) is 0 Å². The molecule has 1 aromatic rings. The fourth-order valence-electron chi connectivity index (χ4n) is 2.60. The number of thiophene rings is 1. The second kappa shape index (κ2) is 6.36. The van der Waals surface area contributed by atoms with Crippen molar-refractivity contribution in [2.75, 3.05) is 0 Å². The Kier molecular flexibility index (Phi) is 4.94. The van der Waals surface area contributed by atoms with Crippen LogP contribution in [0.15, 0.2) is 11.4 Å². The molecule has 2 N–H and O–H groups in total. The first kappa shape index (κ1) is 16.3. The Balaban J connectivity index is 1.70. The summed E-state index contributed by atoms with van der Waals surface area (Å²) in [7, 11) is 0. The highest BCUT2D eigenvalue weighted by atomic mass is 32.1. The molecule has 1 heterocycles. The molecule has 1 amide bonds. The molecule has 2 rings (SSSR count). The molecular formula is C16H26N2O2S. The molecule has 0 aliphatic heterocycles. The smallest absolute Gasteiger partial charge is 0.407 e. The third-order valence-electron chi connectivity index (χ3n) is 3.64. The molecule has 5 heteroatoms. The van der Waals surface area contributed by atoms with E-state index in [9.17, 15) is 4.79 Å². The van der Waals surface area contributed by atoms with Crippen molar-refractivity contribution in [3.63, 3.8) is 0 Å². The lowest BCUT2D eigenvalue weighted by molar-refractivity contribution is 0.0463. The van der Waals surface area contributed by atoms with E-state index in [4.69, 9.17) is 4.74 Å². The van der Waals surface area contributed by atoms with Crippen molar-refractivity contribution in [3.05, 3.63) is 21.9 Å². The SMILES string of the molecule is Cc1ccsc1C(C)NC1CC(NC(=O)OC(C)(C)C)C1. The van der Waals surface area contributed by atoms with Crippen molar-refractivity contribution in [3.8, 4) is 0 Å². The Hall–Kier alpha value is -1.07. The number of carbonyl (C=O) groups excluding carboxylic acids is 1. The van der Waals surface area contributed by atoms with Gasteiger partial charge in [0.25, 0.3) is 0 Å². The molecule has 1 aliphatic carbocycles. The molecular weight excluding hydrogens is 284 g/mol. The number of aryl methyl sites for hydroxylation is 1. The molecule has 1 unspecified atom stereocenters. The van der Waals surface area contributed by atoms with Gasteiger partial charge in [-0.05, 0) is 64.5 Å². The Morgan fingerprint density at radius 3 is 2.57 bits per heavy atom. The van der Waals surface area contributed by atoms with Crippen LogP contribution >= 0.6 is 11.3 Å². The summed E-state index contributed by atoms with van der Waals surface area (Å²) in [6, 6.07) is 3.24. The van der Waals surface area contributed by atoms with Crippen LogP contribution in [0.2, 0.25) is 0 Å². The molecule has 21 heavy (non-hydrogen) atoms. The largest absolute Gasteiger partial charge is 0.444 e. The maximum atomic E-state index is 11.7. The third kappa shape index (κ3) is 4.71. The van der Waals surface area contributed by atoms with E-state index in [1.807, 2.05) is 20.8 Å². The van der Waals surface area contributed by atoms with Gasteiger partial charge in [-0.25, -0.2) is 4.79 Å². The number of amides is 1. The van der Waals surface area contributed by atoms with Gasteiger partial charge >= 0.3 is 6.09 Å². The van der Waals surface area contributed by atoms with Crippen molar-refractivity contribution in [1.82, 2.24) is 10.6 Å². The topological polar surface area (TPSA) is 50.4 Å². The fourth-order valence-corrected chi connectivity index (χ4v) is 3.55. The molecule has 1 atom stereocenters. The van der Waals surface area contributed by atoms with Crippen molar-refractivity contribution < 1.29 is 9.53 Å². The van der Waals surface area contributed by atoms with E-state index in [0.717, 1.165) is 12.8 Å². The molecule has 0 saturated heterocycles. The molecule has 0 spiro atoms. The van der Waals surface area contributed by atoms with Crippen LogP contribution in [0.3, 0.4) is 0 Å². The number of carbonyl (C=O) groups is 1. The van der Waals surface area contributed by atoms with Gasteiger partial charge in [0.15, 0.2) is 0 Å². The van der Waals surface area contributed by atoms with E-state index in [1.54, 1.807) is 11.3 Å². The molecule has 0 aromatic carbocycles. The summed E-state index contributed by atoms with van der Waals surface area (Å²) >= 11 is 1.80. The van der Waals surface area contributed by atoms with Crippen LogP contribution in [0.1, 0.15) is 57.0 Å². The lowest BCUT2D eigenvalue weighted by atomic mass is 9.86. The zero-order valence-corrected chi connectivity index (χ0v) is 14.3. The highest BCUT2D eigenvalue weighted by molar-refractivity contribution is 7.10. The van der Waals surface area contributed by atoms with Gasteiger partial charge in [0.05, 0.1) is 0 Å². The Morgan fingerprint density at radius 2 is 2.05 bits per heavy atom. The van der Waals surface area contributed by atoms with Gasteiger partial charge in [-0.2, -0.15) is 0 Å². The maximum Gasteiger partial charge on any atom is 0.407 e. The van der Waals surface area contributed by atoms with E-state index < -0.39 is 5.60 Å². The van der Waals surface area contributed by atoms with E-state index >= 15 is 0 Å². The number of hydrogen-bond acceptors (Lipinski definition) is 4. The maximum absolute atomic E-state index is 11.7. The van der Waals surface area contributed by atoms with Crippen LogP contribution < -0.4 is 10.6 Å². The minimum atomic E-state index is -0.434. The Bertz CT molecular complexity index is 487. The summed E-state index contributed by atoms with van der Waals surface area (Å²) in [4.78, 5) is 13.1. The van der Waals surface area contributed by atoms with Crippen LogP contribution in [0.4, 0.5) is 4.79 Å². The van der Waals surface area contributed by atoms with Crippen molar-refractivity contribution in [2.24, 2.45) is 0 Å². The predicted molar refractivity (Wildman–Crippen MR) is 86.8 cm³/mol. The van der Waals surface area contributed by atoms with Crippen LogP contribution in [0.25, 0.3) is 0 Å². The summed E-state index contributed by atoms with van der Waals surface area (Å²) in [5.74, 6) is 0. The normalized spacial score (nSPS) is 23.3. The number of hydrogen-bond donors (Lipinski definition) is 2. The van der Waals surface area contributed by atoms with Gasteiger partial charge in [0.1, 0.15) is 5.60 Å². The average Bonchev–Trinajstić information content (AvgIpc) is 2.69. The van der Waals surface area contributed by atoms with Crippen molar-refractivity contribution in [2.45, 2.75) is 71.2 Å². The molecule has 1 fully saturated rings. The summed E-state index contributed by atoms with van der Waals surface area (Å²) < 4.78 is 5.27. The monoisotopic (exact) mass is 310 g/mol. The van der Waals surface area contributed by atoms with Crippen molar-refractivity contribution in [1.29, 1.82) is 0 Å². The Labute approximate surface area is 131 Å². The molecule has 4 nitrogen and oxygen atoms in total. The quantitative estimate of drug-likeness (QED) is 0.890. The predicted octanol–water partition coefficient (Wildman–Crippen LogP) is 3.76. The summed E-state index contributed by atoms with van der Waals surface area (Å²) in [5.41, 5.74) is 0.916. The first-order valence-electron chi connectivity index (χ1n) is 7.54. The number of ether oxygens (including phenoxy) is 1. The lowest BCUT2D eigenvalue weighted by Crippen LogP contribution is -2.53. The summed E-state index contributed by atoms with van der Waals surface area (Å²) in [6.45, 7) is 9.99. The molecule has 1 saturated carbocycles. The Morgan fingerprint density at radius 1 is 1.38 bits per heavy atom. The molecule has 0 radical (unpaired) electrons. The van der Waals surface area contributed by atoms with Gasteiger partial charge in [0, 0.05) is 23.0 Å². The van der Waals surface area contributed by atoms with E-state index in [2.05, 4.69) is 35.9 Å². The zero-order chi connectivity index (χ0) is 15.6. The average molecular weight is 310 g/mol. The molecule has 0 bridgehead atoms. The van der Waals surface area contributed by atoms with Gasteiger partial charge in [-0.1, -0.05) is 0 Å². The minimum Gasteiger partial charge on any atom is -0.444 e. The number of rotatable bonds is 4. The van der Waals surface area contributed by atoms with Gasteiger partial charge < -0.3 is 15.4 Å². The third-order valence-corrected chi connectivity index (χ3v) is 4.84. The van der Waals surface area contributed by atoms with Crippen molar-refractivity contribution >= 4 is 17.4 Å². The van der Waals surface area contributed by atoms with E-state index in [1.165, 1.54) is 10.4 Å². The van der Waals surface area contributed by atoms with Crippen LogP contribution in [-0.4, -0.2) is 23.8 Å². The van der Waals surface area contributed by atoms with Crippen LogP contribution in [0, 0.1) is 6.92 Å². The summed E-state index contributed by atoms with van der Waals surface area (Å²) in [6.07, 6.45) is 1.62. The first-order valence-corrected chi connectivity index (χ1v) is 8.42. The fraction of sp³-hybridized carbons (Fsp3) is 0.688. The standard InChI is InChI=1S/C16H26N2O2S/c1-10-6-7-21-14(10)11(2)17-12-8-13(9-12)18-15(19)20-16(3,4)5/h6-7,11-13,17H,8-9H2,1-5H3,(H,18,19). The highest BCUT2D eigenvalue weighted by Crippen LogP contribution is 2.28. The van der Waals surface area contributed by atoms with Gasteiger partial charge in [-0.15, -0.1) is 11.3 Å². The highest BCUT2D eigenvalue weighted by Gasteiger charge is 2.32. The minimum absolute atomic E-state index is 0.231. The van der Waals surface area contributed by atoms with Crippen LogP contribution in [0.5, 0.6) is 0 Å². The number of nitrogens with one attached hydrogen (secondary N) is 2. The molecule has 1 aliphatic rings. The second-order valence-corrected chi connectivity index (χ2v) is 7.82. The van der Waals surface area contributed by atoms with Crippen LogP contribution in [-0.2, 0) is 4.74 Å². The summed E-state index contributed by atoms with van der Waals surface area (Å²) in [5, 5.41) is 8.69. The second-order valence-electron chi connectivity index (χ2n) is 6.87. The zero-order valence-electron chi connectivity index (χ0n) is 13.5. The number of alkyl carbamates (subject to hydrolysis) is 1. The van der Waals surface area contributed by atoms with E-state index in [-0.39, 0.29) is 12.1 Å².